The van der Waals surface area contributed by atoms with E-state index in [4.69, 9.17) is 0 Å². The fourth-order valence-corrected chi connectivity index (χ4v) is 2.24. The van der Waals surface area contributed by atoms with Crippen molar-refractivity contribution in [3.8, 4) is 0 Å². The molecule has 0 aromatic carbocycles. The lowest BCUT2D eigenvalue weighted by atomic mass is 10.3. The van der Waals surface area contributed by atoms with Gasteiger partial charge in [0.1, 0.15) is 0 Å². The molecule has 90 valence electrons. The van der Waals surface area contributed by atoms with Gasteiger partial charge < -0.3 is 5.32 Å². The second kappa shape index (κ2) is 6.69. The first-order valence-electron chi connectivity index (χ1n) is 6.07. The SMILES string of the molecule is CCN(CCN1CCNCC1)C1CC1.Cl. The molecule has 2 aliphatic rings. The Balaban J connectivity index is 0.00000112. The first-order valence-corrected chi connectivity index (χ1v) is 6.07. The van der Waals surface area contributed by atoms with Gasteiger partial charge in [-0.05, 0) is 19.4 Å². The standard InChI is InChI=1S/C11H23N3.ClH/c1-2-14(11-3-4-11)10-9-13-7-5-12-6-8-13;/h11-12H,2-10H2,1H3;1H. The van der Waals surface area contributed by atoms with Crippen LogP contribution < -0.4 is 5.32 Å². The van der Waals surface area contributed by atoms with Crippen LogP contribution in [0.3, 0.4) is 0 Å². The highest BCUT2D eigenvalue weighted by Crippen LogP contribution is 2.26. The molecule has 2 fully saturated rings. The molecule has 0 amide bonds. The maximum Gasteiger partial charge on any atom is 0.0112 e. The zero-order valence-electron chi connectivity index (χ0n) is 9.74. The second-order valence-electron chi connectivity index (χ2n) is 4.45. The molecule has 0 atom stereocenters. The van der Waals surface area contributed by atoms with E-state index in [0.29, 0.717) is 0 Å². The minimum absolute atomic E-state index is 0. The number of halogens is 1. The van der Waals surface area contributed by atoms with Crippen molar-refractivity contribution in [3.63, 3.8) is 0 Å². The van der Waals surface area contributed by atoms with E-state index in [1.165, 1.54) is 58.7 Å². The van der Waals surface area contributed by atoms with Gasteiger partial charge in [-0.25, -0.2) is 0 Å². The van der Waals surface area contributed by atoms with Gasteiger partial charge >= 0.3 is 0 Å². The molecule has 1 heterocycles. The quantitative estimate of drug-likeness (QED) is 0.758. The van der Waals surface area contributed by atoms with Crippen LogP contribution in [0, 0.1) is 0 Å². The lowest BCUT2D eigenvalue weighted by molar-refractivity contribution is 0.188. The zero-order chi connectivity index (χ0) is 9.80. The van der Waals surface area contributed by atoms with Gasteiger partial charge in [-0.15, -0.1) is 12.4 Å². The summed E-state index contributed by atoms with van der Waals surface area (Å²) in [4.78, 5) is 5.23. The monoisotopic (exact) mass is 233 g/mol. The van der Waals surface area contributed by atoms with Crippen LogP contribution in [0.5, 0.6) is 0 Å². The molecule has 3 nitrogen and oxygen atoms in total. The van der Waals surface area contributed by atoms with Gasteiger partial charge in [0.15, 0.2) is 0 Å². The van der Waals surface area contributed by atoms with E-state index in [2.05, 4.69) is 22.0 Å². The highest BCUT2D eigenvalue weighted by molar-refractivity contribution is 5.85. The van der Waals surface area contributed by atoms with E-state index >= 15 is 0 Å². The van der Waals surface area contributed by atoms with Crippen LogP contribution in [0.25, 0.3) is 0 Å². The first-order chi connectivity index (χ1) is 6.90. The Morgan fingerprint density at radius 1 is 1.27 bits per heavy atom. The smallest absolute Gasteiger partial charge is 0.0112 e. The third kappa shape index (κ3) is 4.27. The molecule has 0 radical (unpaired) electrons. The molecule has 1 N–H and O–H groups in total. The molecule has 0 aromatic rings. The van der Waals surface area contributed by atoms with Crippen molar-refractivity contribution in [1.29, 1.82) is 0 Å². The Morgan fingerprint density at radius 2 is 1.93 bits per heavy atom. The van der Waals surface area contributed by atoms with Gasteiger partial charge in [0.05, 0.1) is 0 Å². The Morgan fingerprint density at radius 3 is 2.47 bits per heavy atom. The maximum atomic E-state index is 3.40. The summed E-state index contributed by atoms with van der Waals surface area (Å²) in [5.74, 6) is 0. The highest BCUT2D eigenvalue weighted by atomic mass is 35.5. The average Bonchev–Trinajstić information content (AvgIpc) is 3.05. The summed E-state index contributed by atoms with van der Waals surface area (Å²) in [5, 5.41) is 3.40. The third-order valence-electron chi connectivity index (χ3n) is 3.38. The van der Waals surface area contributed by atoms with Gasteiger partial charge in [0.2, 0.25) is 0 Å². The summed E-state index contributed by atoms with van der Waals surface area (Å²) in [7, 11) is 0. The molecule has 1 saturated heterocycles. The highest BCUT2D eigenvalue weighted by Gasteiger charge is 2.27. The van der Waals surface area contributed by atoms with Gasteiger partial charge in [0.25, 0.3) is 0 Å². The normalized spacial score (nSPS) is 22.8. The molecule has 1 aliphatic heterocycles. The first kappa shape index (κ1) is 13.2. The number of piperazine rings is 1. The number of hydrogen-bond donors (Lipinski definition) is 1. The Bertz CT molecular complexity index is 167. The predicted molar refractivity (Wildman–Crippen MR) is 66.8 cm³/mol. The summed E-state index contributed by atoms with van der Waals surface area (Å²) in [6.07, 6.45) is 2.88. The topological polar surface area (TPSA) is 18.5 Å². The van der Waals surface area contributed by atoms with Crippen molar-refractivity contribution in [2.75, 3.05) is 45.8 Å². The molecule has 0 aromatic heterocycles. The fraction of sp³-hybridized carbons (Fsp3) is 1.00. The minimum atomic E-state index is 0. The van der Waals surface area contributed by atoms with Crippen LogP contribution in [-0.2, 0) is 0 Å². The lowest BCUT2D eigenvalue weighted by Crippen LogP contribution is -2.46. The summed E-state index contributed by atoms with van der Waals surface area (Å²) in [5.41, 5.74) is 0. The molecule has 4 heteroatoms. The van der Waals surface area contributed by atoms with E-state index in [1.54, 1.807) is 0 Å². The van der Waals surface area contributed by atoms with Crippen LogP contribution in [0.1, 0.15) is 19.8 Å². The van der Waals surface area contributed by atoms with Crippen molar-refractivity contribution < 1.29 is 0 Å². The van der Waals surface area contributed by atoms with Crippen molar-refractivity contribution in [2.24, 2.45) is 0 Å². The molecular weight excluding hydrogens is 210 g/mol. The van der Waals surface area contributed by atoms with Gasteiger partial charge in [-0.1, -0.05) is 6.92 Å². The van der Waals surface area contributed by atoms with Crippen molar-refractivity contribution >= 4 is 12.4 Å². The maximum absolute atomic E-state index is 3.40. The number of rotatable bonds is 5. The summed E-state index contributed by atoms with van der Waals surface area (Å²) >= 11 is 0. The largest absolute Gasteiger partial charge is 0.314 e. The zero-order valence-corrected chi connectivity index (χ0v) is 10.6. The van der Waals surface area contributed by atoms with Crippen LogP contribution in [-0.4, -0.2) is 61.7 Å². The van der Waals surface area contributed by atoms with Crippen molar-refractivity contribution in [1.82, 2.24) is 15.1 Å². The summed E-state index contributed by atoms with van der Waals surface area (Å²) in [6, 6.07) is 0.933. The lowest BCUT2D eigenvalue weighted by Gasteiger charge is -2.30. The van der Waals surface area contributed by atoms with Gasteiger partial charge in [-0.3, -0.25) is 9.80 Å². The van der Waals surface area contributed by atoms with E-state index in [0.717, 1.165) is 6.04 Å². The van der Waals surface area contributed by atoms with Crippen molar-refractivity contribution in [3.05, 3.63) is 0 Å². The van der Waals surface area contributed by atoms with Gasteiger partial charge in [0, 0.05) is 45.3 Å². The Hall–Kier alpha value is 0.170. The van der Waals surface area contributed by atoms with Crippen LogP contribution >= 0.6 is 12.4 Å². The van der Waals surface area contributed by atoms with E-state index < -0.39 is 0 Å². The molecule has 1 aliphatic carbocycles. The number of likely N-dealkylation sites (N-methyl/N-ethyl adjacent to an activating group) is 1. The predicted octanol–water partition coefficient (Wildman–Crippen LogP) is 0.798. The van der Waals surface area contributed by atoms with Gasteiger partial charge in [-0.2, -0.15) is 0 Å². The minimum Gasteiger partial charge on any atom is -0.314 e. The molecule has 2 rings (SSSR count). The number of hydrogen-bond acceptors (Lipinski definition) is 3. The molecule has 15 heavy (non-hydrogen) atoms. The number of nitrogens with one attached hydrogen (secondary N) is 1. The number of nitrogens with zero attached hydrogens (tertiary/aromatic N) is 2. The van der Waals surface area contributed by atoms with Crippen LogP contribution in [0.4, 0.5) is 0 Å². The summed E-state index contributed by atoms with van der Waals surface area (Å²) in [6.45, 7) is 10.9. The molecule has 1 saturated carbocycles. The van der Waals surface area contributed by atoms with Crippen LogP contribution in [0.15, 0.2) is 0 Å². The average molecular weight is 234 g/mol. The summed E-state index contributed by atoms with van der Waals surface area (Å²) < 4.78 is 0. The molecule has 0 spiro atoms. The van der Waals surface area contributed by atoms with Crippen molar-refractivity contribution in [2.45, 2.75) is 25.8 Å². The molecule has 0 unspecified atom stereocenters. The molecular formula is C11H24ClN3. The van der Waals surface area contributed by atoms with E-state index in [9.17, 15) is 0 Å². The third-order valence-corrected chi connectivity index (χ3v) is 3.38. The Labute approximate surface area is 99.6 Å². The van der Waals surface area contributed by atoms with E-state index in [1.807, 2.05) is 0 Å². The fourth-order valence-electron chi connectivity index (χ4n) is 2.24. The second-order valence-corrected chi connectivity index (χ2v) is 4.45. The molecule has 0 bridgehead atoms. The van der Waals surface area contributed by atoms with Crippen LogP contribution in [0.2, 0.25) is 0 Å². The Kier molecular flexibility index (Phi) is 5.90. The van der Waals surface area contributed by atoms with E-state index in [-0.39, 0.29) is 12.4 Å².